The zero-order valence-corrected chi connectivity index (χ0v) is 21.0. The van der Waals surface area contributed by atoms with Gasteiger partial charge in [0.25, 0.3) is 0 Å². The van der Waals surface area contributed by atoms with Crippen LogP contribution in [0.3, 0.4) is 0 Å². The van der Waals surface area contributed by atoms with E-state index >= 15 is 0 Å². The molecule has 3 aromatic rings. The van der Waals surface area contributed by atoms with Gasteiger partial charge in [0.1, 0.15) is 0 Å². The first-order valence-corrected chi connectivity index (χ1v) is 12.5. The number of nitrogens with zero attached hydrogens (tertiary/aromatic N) is 2. The first-order valence-electron chi connectivity index (χ1n) is 12.5. The predicted octanol–water partition coefficient (Wildman–Crippen LogP) is 7.40. The van der Waals surface area contributed by atoms with Crippen LogP contribution in [0.4, 0.5) is 13.2 Å². The van der Waals surface area contributed by atoms with Gasteiger partial charge in [-0.25, -0.2) is 0 Å². The van der Waals surface area contributed by atoms with Gasteiger partial charge in [-0.2, -0.15) is 18.3 Å². The molecule has 0 aliphatic rings. The Kier molecular flexibility index (Phi) is 8.62. The summed E-state index contributed by atoms with van der Waals surface area (Å²) in [5.41, 5.74) is 2.35. The second-order valence-corrected chi connectivity index (χ2v) is 10.0. The average Bonchev–Trinajstić information content (AvgIpc) is 3.23. The van der Waals surface area contributed by atoms with Crippen LogP contribution in [0, 0.1) is 5.41 Å². The lowest BCUT2D eigenvalue weighted by Crippen LogP contribution is -2.43. The fraction of sp³-hybridized carbons (Fsp3) is 0.500. The zero-order valence-electron chi connectivity index (χ0n) is 21.0. The molecule has 2 unspecified atom stereocenters. The van der Waals surface area contributed by atoms with Gasteiger partial charge in [0.15, 0.2) is 0 Å². The molecule has 1 N–H and O–H groups in total. The summed E-state index contributed by atoms with van der Waals surface area (Å²) in [5.74, 6) is -2.14. The standard InChI is InChI=1S/C28H36F3N3O/c1-5-7-14-23(11-6-2)34-24-16-15-21(17-22(24)18-33-34)25(20-12-9-8-10-13-20)27(3,4)19-32-26(35)28(29,30)31/h8-10,12-13,15-18,23,25H,5-7,11,14,19H2,1-4H3,(H,32,35). The fourth-order valence-corrected chi connectivity index (χ4v) is 4.95. The summed E-state index contributed by atoms with van der Waals surface area (Å²) in [4.78, 5) is 11.5. The number of alkyl halides is 3. The second-order valence-electron chi connectivity index (χ2n) is 10.0. The maximum Gasteiger partial charge on any atom is 0.471 e. The van der Waals surface area contributed by atoms with E-state index in [9.17, 15) is 18.0 Å². The van der Waals surface area contributed by atoms with Crippen molar-refractivity contribution in [2.75, 3.05) is 6.54 Å². The van der Waals surface area contributed by atoms with Crippen molar-refractivity contribution in [2.24, 2.45) is 5.41 Å². The molecule has 35 heavy (non-hydrogen) atoms. The third kappa shape index (κ3) is 6.44. The first-order chi connectivity index (χ1) is 16.6. The van der Waals surface area contributed by atoms with E-state index in [0.29, 0.717) is 6.04 Å². The molecular formula is C28H36F3N3O. The zero-order chi connectivity index (χ0) is 25.6. The van der Waals surface area contributed by atoms with Gasteiger partial charge >= 0.3 is 12.1 Å². The van der Waals surface area contributed by atoms with E-state index in [4.69, 9.17) is 5.10 Å². The Hall–Kier alpha value is -2.83. The predicted molar refractivity (Wildman–Crippen MR) is 134 cm³/mol. The lowest BCUT2D eigenvalue weighted by atomic mass is 9.71. The fourth-order valence-electron chi connectivity index (χ4n) is 4.95. The first kappa shape index (κ1) is 26.8. The molecule has 190 valence electrons. The largest absolute Gasteiger partial charge is 0.471 e. The van der Waals surface area contributed by atoms with E-state index in [-0.39, 0.29) is 12.5 Å². The number of fused-ring (bicyclic) bond motifs is 1. The molecule has 0 radical (unpaired) electrons. The second kappa shape index (κ2) is 11.3. The quantitative estimate of drug-likeness (QED) is 0.306. The smallest absolute Gasteiger partial charge is 0.348 e. The molecule has 0 saturated carbocycles. The van der Waals surface area contributed by atoms with Crippen molar-refractivity contribution in [1.29, 1.82) is 0 Å². The number of amides is 1. The average molecular weight is 488 g/mol. The van der Waals surface area contributed by atoms with E-state index in [2.05, 4.69) is 36.0 Å². The molecule has 0 bridgehead atoms. The minimum Gasteiger partial charge on any atom is -0.348 e. The summed E-state index contributed by atoms with van der Waals surface area (Å²) in [5, 5.41) is 7.83. The van der Waals surface area contributed by atoms with E-state index in [1.807, 2.05) is 56.4 Å². The Morgan fingerprint density at radius 2 is 1.71 bits per heavy atom. The third-order valence-electron chi connectivity index (χ3n) is 6.69. The van der Waals surface area contributed by atoms with E-state index in [1.165, 1.54) is 0 Å². The Balaban J connectivity index is 1.98. The lowest BCUT2D eigenvalue weighted by molar-refractivity contribution is -0.174. The van der Waals surface area contributed by atoms with E-state index in [0.717, 1.165) is 54.1 Å². The highest BCUT2D eigenvalue weighted by atomic mass is 19.4. The molecule has 1 amide bonds. The van der Waals surface area contributed by atoms with Crippen LogP contribution < -0.4 is 5.32 Å². The molecule has 1 heterocycles. The molecule has 0 aliphatic heterocycles. The van der Waals surface area contributed by atoms with Crippen LogP contribution >= 0.6 is 0 Å². The number of carbonyl (C=O) groups is 1. The van der Waals surface area contributed by atoms with Crippen LogP contribution in [-0.4, -0.2) is 28.4 Å². The van der Waals surface area contributed by atoms with Gasteiger partial charge in [-0.05, 0) is 41.5 Å². The van der Waals surface area contributed by atoms with E-state index < -0.39 is 17.5 Å². The Morgan fingerprint density at radius 3 is 2.34 bits per heavy atom. The van der Waals surface area contributed by atoms with E-state index in [1.54, 1.807) is 0 Å². The number of rotatable bonds is 11. The number of benzene rings is 2. The molecule has 2 aromatic carbocycles. The van der Waals surface area contributed by atoms with Crippen LogP contribution in [0.25, 0.3) is 10.9 Å². The topological polar surface area (TPSA) is 46.9 Å². The van der Waals surface area contributed by atoms with Gasteiger partial charge in [-0.1, -0.05) is 83.4 Å². The van der Waals surface area contributed by atoms with Crippen molar-refractivity contribution in [2.45, 2.75) is 77.9 Å². The Morgan fingerprint density at radius 1 is 1.00 bits per heavy atom. The summed E-state index contributed by atoms with van der Waals surface area (Å²) in [6.45, 7) is 8.04. The van der Waals surface area contributed by atoms with Crippen molar-refractivity contribution < 1.29 is 18.0 Å². The maximum atomic E-state index is 12.8. The highest BCUT2D eigenvalue weighted by molar-refractivity contribution is 5.82. The van der Waals surface area contributed by atoms with Crippen LogP contribution in [-0.2, 0) is 4.79 Å². The highest BCUT2D eigenvalue weighted by Gasteiger charge is 2.40. The number of halogens is 3. The normalized spacial score (nSPS) is 14.1. The molecular weight excluding hydrogens is 451 g/mol. The summed E-state index contributed by atoms with van der Waals surface area (Å²) in [6.07, 6.45) is 2.51. The molecule has 0 spiro atoms. The summed E-state index contributed by atoms with van der Waals surface area (Å²) in [6, 6.07) is 16.3. The van der Waals surface area contributed by atoms with Gasteiger partial charge in [0.05, 0.1) is 17.8 Å². The number of unbranched alkanes of at least 4 members (excludes halogenated alkanes) is 1. The van der Waals surface area contributed by atoms with Crippen molar-refractivity contribution in [3.8, 4) is 0 Å². The van der Waals surface area contributed by atoms with Crippen LogP contribution in [0.2, 0.25) is 0 Å². The van der Waals surface area contributed by atoms with Crippen LogP contribution in [0.15, 0.2) is 54.7 Å². The molecule has 0 saturated heterocycles. The number of aromatic nitrogens is 2. The van der Waals surface area contributed by atoms with Crippen LogP contribution in [0.5, 0.6) is 0 Å². The van der Waals surface area contributed by atoms with Crippen molar-refractivity contribution >= 4 is 16.8 Å². The van der Waals surface area contributed by atoms with Gasteiger partial charge < -0.3 is 5.32 Å². The van der Waals surface area contributed by atoms with Gasteiger partial charge in [-0.3, -0.25) is 9.48 Å². The molecule has 4 nitrogen and oxygen atoms in total. The van der Waals surface area contributed by atoms with Gasteiger partial charge in [-0.15, -0.1) is 0 Å². The number of hydrogen-bond donors (Lipinski definition) is 1. The molecule has 1 aromatic heterocycles. The van der Waals surface area contributed by atoms with Gasteiger partial charge in [0, 0.05) is 17.8 Å². The Labute approximate surface area is 205 Å². The SMILES string of the molecule is CCCCC(CCC)n1ncc2cc(C(c3ccccc3)C(C)(C)CNC(=O)C(F)(F)F)ccc21. The van der Waals surface area contributed by atoms with Gasteiger partial charge in [0.2, 0.25) is 0 Å². The molecule has 0 fully saturated rings. The molecule has 2 atom stereocenters. The Bertz CT molecular complexity index is 1110. The number of hydrogen-bond acceptors (Lipinski definition) is 2. The minimum atomic E-state index is -4.90. The molecule has 0 aliphatic carbocycles. The van der Waals surface area contributed by atoms with Crippen molar-refractivity contribution in [1.82, 2.24) is 15.1 Å². The molecule has 3 rings (SSSR count). The van der Waals surface area contributed by atoms with Crippen molar-refractivity contribution in [3.05, 3.63) is 65.9 Å². The number of carbonyl (C=O) groups excluding carboxylic acids is 1. The van der Waals surface area contributed by atoms with Crippen LogP contribution in [0.1, 0.15) is 82.9 Å². The summed E-state index contributed by atoms with van der Waals surface area (Å²) < 4.78 is 40.6. The lowest BCUT2D eigenvalue weighted by Gasteiger charge is -2.35. The summed E-state index contributed by atoms with van der Waals surface area (Å²) >= 11 is 0. The molecule has 7 heteroatoms. The third-order valence-corrected chi connectivity index (χ3v) is 6.69. The minimum absolute atomic E-state index is 0.113. The maximum absolute atomic E-state index is 12.8. The van der Waals surface area contributed by atoms with Crippen molar-refractivity contribution in [3.63, 3.8) is 0 Å². The number of nitrogens with one attached hydrogen (secondary N) is 1. The summed E-state index contributed by atoms with van der Waals surface area (Å²) in [7, 11) is 0. The monoisotopic (exact) mass is 487 g/mol. The highest BCUT2D eigenvalue weighted by Crippen LogP contribution is 2.42.